The van der Waals surface area contributed by atoms with Crippen molar-refractivity contribution in [2.45, 2.75) is 13.3 Å². The second-order valence-corrected chi connectivity index (χ2v) is 5.32. The fourth-order valence-electron chi connectivity index (χ4n) is 2.84. The van der Waals surface area contributed by atoms with Crippen molar-refractivity contribution in [3.63, 3.8) is 0 Å². The molecule has 0 aliphatic rings. The zero-order valence-electron chi connectivity index (χ0n) is 11.9. The second kappa shape index (κ2) is 4.74. The van der Waals surface area contributed by atoms with Gasteiger partial charge in [0.25, 0.3) is 0 Å². The lowest BCUT2D eigenvalue weighted by molar-refractivity contribution is 1.14. The Hall–Kier alpha value is -2.61. The van der Waals surface area contributed by atoms with Crippen molar-refractivity contribution in [3.05, 3.63) is 66.2 Å². The molecule has 3 aromatic carbocycles. The first kappa shape index (κ1) is 12.2. The molecule has 0 radical (unpaired) electrons. The number of rotatable bonds is 2. The number of aryl methyl sites for hydroxylation is 1. The van der Waals surface area contributed by atoms with Crippen LogP contribution in [0.5, 0.6) is 0 Å². The number of nitrogens with zero attached hydrogens (tertiary/aromatic N) is 1. The maximum atomic E-state index is 4.75. The van der Waals surface area contributed by atoms with Crippen molar-refractivity contribution in [3.8, 4) is 11.4 Å². The third-order valence-electron chi connectivity index (χ3n) is 4.00. The van der Waals surface area contributed by atoms with Crippen LogP contribution in [-0.4, -0.2) is 9.97 Å². The molecule has 0 bridgehead atoms. The molecule has 0 atom stereocenters. The van der Waals surface area contributed by atoms with Crippen LogP contribution in [0.25, 0.3) is 33.2 Å². The molecule has 1 heterocycles. The first-order valence-corrected chi connectivity index (χ1v) is 7.32. The van der Waals surface area contributed by atoms with Gasteiger partial charge in [0.2, 0.25) is 0 Å². The number of hydrogen-bond acceptors (Lipinski definition) is 1. The van der Waals surface area contributed by atoms with E-state index in [1.165, 1.54) is 16.3 Å². The highest BCUT2D eigenvalue weighted by Crippen LogP contribution is 2.28. The van der Waals surface area contributed by atoms with Gasteiger partial charge in [-0.25, -0.2) is 4.98 Å². The molecule has 2 nitrogen and oxygen atoms in total. The lowest BCUT2D eigenvalue weighted by atomic mass is 10.0. The molecule has 0 fully saturated rings. The number of aromatic amines is 1. The number of H-pyrrole nitrogens is 1. The van der Waals surface area contributed by atoms with E-state index in [9.17, 15) is 0 Å². The van der Waals surface area contributed by atoms with Gasteiger partial charge in [-0.2, -0.15) is 0 Å². The molecule has 1 aromatic heterocycles. The Balaban J connectivity index is 1.96. The van der Waals surface area contributed by atoms with Crippen molar-refractivity contribution >= 4 is 21.8 Å². The molecule has 0 unspecified atom stereocenters. The monoisotopic (exact) mass is 272 g/mol. The Labute approximate surface area is 123 Å². The summed E-state index contributed by atoms with van der Waals surface area (Å²) >= 11 is 0. The third-order valence-corrected chi connectivity index (χ3v) is 4.00. The first-order chi connectivity index (χ1) is 10.3. The van der Waals surface area contributed by atoms with E-state index in [0.717, 1.165) is 28.8 Å². The predicted molar refractivity (Wildman–Crippen MR) is 88.4 cm³/mol. The summed E-state index contributed by atoms with van der Waals surface area (Å²) in [6, 6.07) is 21.2. The summed E-state index contributed by atoms with van der Waals surface area (Å²) in [6.45, 7) is 2.17. The van der Waals surface area contributed by atoms with Crippen LogP contribution in [0.4, 0.5) is 0 Å². The fraction of sp³-hybridized carbons (Fsp3) is 0.105. The van der Waals surface area contributed by atoms with Crippen LogP contribution < -0.4 is 0 Å². The van der Waals surface area contributed by atoms with E-state index in [4.69, 9.17) is 4.98 Å². The molecule has 0 saturated carbocycles. The van der Waals surface area contributed by atoms with Crippen molar-refractivity contribution in [1.29, 1.82) is 0 Å². The molecule has 0 saturated heterocycles. The summed E-state index contributed by atoms with van der Waals surface area (Å²) in [5, 5.41) is 2.47. The van der Waals surface area contributed by atoms with E-state index in [1.54, 1.807) is 0 Å². The molecule has 4 aromatic rings. The Kier molecular flexibility index (Phi) is 2.74. The van der Waals surface area contributed by atoms with E-state index in [-0.39, 0.29) is 0 Å². The third kappa shape index (κ3) is 2.00. The SMILES string of the molecule is CCc1ccc2nc(-c3cccc4ccccc34)[nH]c2c1. The van der Waals surface area contributed by atoms with Crippen molar-refractivity contribution in [2.24, 2.45) is 0 Å². The van der Waals surface area contributed by atoms with Crippen LogP contribution in [0.3, 0.4) is 0 Å². The van der Waals surface area contributed by atoms with Gasteiger partial charge >= 0.3 is 0 Å². The molecule has 4 rings (SSSR count). The summed E-state index contributed by atoms with van der Waals surface area (Å²) < 4.78 is 0. The maximum absolute atomic E-state index is 4.75. The number of fused-ring (bicyclic) bond motifs is 2. The van der Waals surface area contributed by atoms with Gasteiger partial charge in [0.15, 0.2) is 0 Å². The van der Waals surface area contributed by atoms with Crippen LogP contribution >= 0.6 is 0 Å². The second-order valence-electron chi connectivity index (χ2n) is 5.32. The zero-order valence-corrected chi connectivity index (χ0v) is 11.9. The molecule has 0 spiro atoms. The van der Waals surface area contributed by atoms with Crippen molar-refractivity contribution in [2.75, 3.05) is 0 Å². The van der Waals surface area contributed by atoms with Crippen LogP contribution in [0.15, 0.2) is 60.7 Å². The lowest BCUT2D eigenvalue weighted by Gasteiger charge is -2.03. The number of hydrogen-bond donors (Lipinski definition) is 1. The standard InChI is InChI=1S/C19H16N2/c1-2-13-10-11-17-18(12-13)21-19(20-17)16-9-5-7-14-6-3-4-8-15(14)16/h3-12H,2H2,1H3,(H,20,21). The van der Waals surface area contributed by atoms with Gasteiger partial charge < -0.3 is 4.98 Å². The van der Waals surface area contributed by atoms with E-state index >= 15 is 0 Å². The minimum Gasteiger partial charge on any atom is -0.338 e. The maximum Gasteiger partial charge on any atom is 0.139 e. The van der Waals surface area contributed by atoms with Gasteiger partial charge in [0.05, 0.1) is 11.0 Å². The van der Waals surface area contributed by atoms with Gasteiger partial charge in [-0.05, 0) is 34.9 Å². The average Bonchev–Trinajstić information content (AvgIpc) is 2.97. The quantitative estimate of drug-likeness (QED) is 0.549. The van der Waals surface area contributed by atoms with Crippen LogP contribution in [0, 0.1) is 0 Å². The summed E-state index contributed by atoms with van der Waals surface area (Å²) in [4.78, 5) is 8.22. The molecular weight excluding hydrogens is 256 g/mol. The highest BCUT2D eigenvalue weighted by Gasteiger charge is 2.08. The molecule has 0 amide bonds. The molecule has 102 valence electrons. The van der Waals surface area contributed by atoms with E-state index in [1.807, 2.05) is 0 Å². The summed E-state index contributed by atoms with van der Waals surface area (Å²) in [6.07, 6.45) is 1.04. The number of imidazole rings is 1. The van der Waals surface area contributed by atoms with Crippen LogP contribution in [-0.2, 0) is 6.42 Å². The van der Waals surface area contributed by atoms with E-state index < -0.39 is 0 Å². The van der Waals surface area contributed by atoms with E-state index in [2.05, 4.69) is 72.6 Å². The number of benzene rings is 3. The Morgan fingerprint density at radius 3 is 2.71 bits per heavy atom. The molecule has 0 aliphatic carbocycles. The van der Waals surface area contributed by atoms with E-state index in [0.29, 0.717) is 0 Å². The average molecular weight is 272 g/mol. The van der Waals surface area contributed by atoms with Crippen LogP contribution in [0.1, 0.15) is 12.5 Å². The van der Waals surface area contributed by atoms with Crippen molar-refractivity contribution < 1.29 is 0 Å². The predicted octanol–water partition coefficient (Wildman–Crippen LogP) is 4.95. The molecule has 21 heavy (non-hydrogen) atoms. The number of nitrogens with one attached hydrogen (secondary N) is 1. The summed E-state index contributed by atoms with van der Waals surface area (Å²) in [7, 11) is 0. The van der Waals surface area contributed by atoms with Gasteiger partial charge in [-0.15, -0.1) is 0 Å². The Morgan fingerprint density at radius 1 is 0.952 bits per heavy atom. The van der Waals surface area contributed by atoms with Gasteiger partial charge in [0.1, 0.15) is 5.82 Å². The zero-order chi connectivity index (χ0) is 14.2. The minimum atomic E-state index is 0.940. The topological polar surface area (TPSA) is 28.7 Å². The van der Waals surface area contributed by atoms with Crippen LogP contribution in [0.2, 0.25) is 0 Å². The largest absolute Gasteiger partial charge is 0.338 e. The summed E-state index contributed by atoms with van der Waals surface area (Å²) in [5.41, 5.74) is 4.62. The molecule has 0 aliphatic heterocycles. The molecular formula is C19H16N2. The van der Waals surface area contributed by atoms with Crippen molar-refractivity contribution in [1.82, 2.24) is 9.97 Å². The van der Waals surface area contributed by atoms with Gasteiger partial charge in [0, 0.05) is 5.56 Å². The fourth-order valence-corrected chi connectivity index (χ4v) is 2.84. The van der Waals surface area contributed by atoms with Gasteiger partial charge in [-0.1, -0.05) is 55.5 Å². The number of aromatic nitrogens is 2. The van der Waals surface area contributed by atoms with Gasteiger partial charge in [-0.3, -0.25) is 0 Å². The highest BCUT2D eigenvalue weighted by molar-refractivity contribution is 5.96. The minimum absolute atomic E-state index is 0.940. The lowest BCUT2D eigenvalue weighted by Crippen LogP contribution is -1.82. The molecule has 2 heteroatoms. The normalized spacial score (nSPS) is 11.3. The molecule has 1 N–H and O–H groups in total. The summed E-state index contributed by atoms with van der Waals surface area (Å²) in [5.74, 6) is 0.940. The smallest absolute Gasteiger partial charge is 0.139 e. The Morgan fingerprint density at radius 2 is 1.81 bits per heavy atom. The highest BCUT2D eigenvalue weighted by atomic mass is 14.9. The first-order valence-electron chi connectivity index (χ1n) is 7.32. The Bertz CT molecular complexity index is 929.